The molecule has 0 aromatic heterocycles. The van der Waals surface area contributed by atoms with E-state index in [9.17, 15) is 15.3 Å². The van der Waals surface area contributed by atoms with Crippen LogP contribution in [0.4, 0.5) is 0 Å². The molecule has 1 aliphatic rings. The molecule has 3 heteroatoms. The van der Waals surface area contributed by atoms with Crippen LogP contribution in [0, 0.1) is 13.8 Å². The lowest BCUT2D eigenvalue weighted by Crippen LogP contribution is -2.34. The van der Waals surface area contributed by atoms with Crippen LogP contribution in [0.3, 0.4) is 0 Å². The summed E-state index contributed by atoms with van der Waals surface area (Å²) in [6.45, 7) is 4.14. The van der Waals surface area contributed by atoms with Gasteiger partial charge >= 0.3 is 0 Å². The largest absolute Gasteiger partial charge is 0.508 e. The summed E-state index contributed by atoms with van der Waals surface area (Å²) in [7, 11) is 0. The third kappa shape index (κ3) is 3.57. The van der Waals surface area contributed by atoms with Gasteiger partial charge in [-0.3, -0.25) is 0 Å². The first-order valence-corrected chi connectivity index (χ1v) is 10.3. The molecule has 3 aromatic rings. The fourth-order valence-electron chi connectivity index (χ4n) is 5.24. The normalized spacial score (nSPS) is 16.6. The van der Waals surface area contributed by atoms with Crippen LogP contribution in [0.25, 0.3) is 0 Å². The highest BCUT2D eigenvalue weighted by molar-refractivity contribution is 5.50. The highest BCUT2D eigenvalue weighted by Gasteiger charge is 2.40. The zero-order valence-electron chi connectivity index (χ0n) is 17.0. The first kappa shape index (κ1) is 19.4. The number of hydrogen-bond donors (Lipinski definition) is 3. The first-order chi connectivity index (χ1) is 13.9. The molecule has 0 heterocycles. The molecule has 0 atom stereocenters. The summed E-state index contributed by atoms with van der Waals surface area (Å²) in [6, 6.07) is 19.0. The third-order valence-electron chi connectivity index (χ3n) is 6.65. The van der Waals surface area contributed by atoms with E-state index in [1.165, 1.54) is 16.7 Å². The molecular weight excluding hydrogens is 360 g/mol. The minimum absolute atomic E-state index is 0.136. The Morgan fingerprint density at radius 2 is 1.10 bits per heavy atom. The molecule has 0 bridgehead atoms. The minimum Gasteiger partial charge on any atom is -0.508 e. The quantitative estimate of drug-likeness (QED) is 0.511. The van der Waals surface area contributed by atoms with Gasteiger partial charge in [0.25, 0.3) is 0 Å². The molecule has 0 radical (unpaired) electrons. The molecular formula is C26H28O3. The predicted octanol–water partition coefficient (Wildman–Crippen LogP) is 6.06. The van der Waals surface area contributed by atoms with Crippen LogP contribution in [0.5, 0.6) is 17.2 Å². The number of phenols is 3. The Morgan fingerprint density at radius 3 is 1.55 bits per heavy atom. The van der Waals surface area contributed by atoms with Crippen molar-refractivity contribution in [3.05, 3.63) is 88.5 Å². The number of phenolic OH excluding ortho intramolecular Hbond substituents is 3. The summed E-state index contributed by atoms with van der Waals surface area (Å²) in [5, 5.41) is 29.5. The maximum atomic E-state index is 9.94. The second kappa shape index (κ2) is 7.47. The zero-order valence-corrected chi connectivity index (χ0v) is 17.0. The average Bonchev–Trinajstić information content (AvgIpc) is 2.69. The summed E-state index contributed by atoms with van der Waals surface area (Å²) >= 11 is 0. The van der Waals surface area contributed by atoms with Crippen LogP contribution in [0.1, 0.15) is 59.4 Å². The van der Waals surface area contributed by atoms with E-state index in [-0.39, 0.29) is 5.41 Å². The van der Waals surface area contributed by atoms with Crippen molar-refractivity contribution < 1.29 is 15.3 Å². The number of aryl methyl sites for hydroxylation is 2. The van der Waals surface area contributed by atoms with Gasteiger partial charge in [0.05, 0.1) is 0 Å². The van der Waals surface area contributed by atoms with E-state index in [2.05, 4.69) is 26.0 Å². The number of rotatable bonds is 3. The Labute approximate surface area is 172 Å². The van der Waals surface area contributed by atoms with Crippen molar-refractivity contribution >= 4 is 0 Å². The van der Waals surface area contributed by atoms with E-state index in [4.69, 9.17) is 0 Å². The van der Waals surface area contributed by atoms with Crippen molar-refractivity contribution in [3.63, 3.8) is 0 Å². The fraction of sp³-hybridized carbons (Fsp3) is 0.308. The zero-order chi connectivity index (χ0) is 20.6. The van der Waals surface area contributed by atoms with Gasteiger partial charge in [-0.1, -0.05) is 24.3 Å². The van der Waals surface area contributed by atoms with Crippen molar-refractivity contribution in [1.29, 1.82) is 0 Å². The molecule has 0 amide bonds. The Morgan fingerprint density at radius 1 is 0.655 bits per heavy atom. The van der Waals surface area contributed by atoms with E-state index in [0.717, 1.165) is 36.8 Å². The number of benzene rings is 3. The van der Waals surface area contributed by atoms with Crippen LogP contribution in [-0.4, -0.2) is 15.3 Å². The molecule has 1 fully saturated rings. The topological polar surface area (TPSA) is 60.7 Å². The van der Waals surface area contributed by atoms with Crippen molar-refractivity contribution in [2.75, 3.05) is 0 Å². The van der Waals surface area contributed by atoms with E-state index in [1.54, 1.807) is 24.3 Å². The van der Waals surface area contributed by atoms with Gasteiger partial charge in [-0.05, 0) is 110 Å². The van der Waals surface area contributed by atoms with E-state index in [0.29, 0.717) is 23.2 Å². The van der Waals surface area contributed by atoms with Crippen molar-refractivity contribution in [1.82, 2.24) is 0 Å². The lowest BCUT2D eigenvalue weighted by molar-refractivity contribution is 0.312. The monoisotopic (exact) mass is 388 g/mol. The van der Waals surface area contributed by atoms with Gasteiger partial charge in [0, 0.05) is 5.41 Å². The molecule has 1 saturated carbocycles. The summed E-state index contributed by atoms with van der Waals surface area (Å²) in [6.07, 6.45) is 4.09. The molecule has 3 nitrogen and oxygen atoms in total. The second-order valence-corrected chi connectivity index (χ2v) is 8.45. The summed E-state index contributed by atoms with van der Waals surface area (Å²) < 4.78 is 0. The maximum absolute atomic E-state index is 9.94. The minimum atomic E-state index is -0.136. The van der Waals surface area contributed by atoms with Gasteiger partial charge in [0.15, 0.2) is 0 Å². The molecule has 4 rings (SSSR count). The van der Waals surface area contributed by atoms with Crippen LogP contribution in [0.15, 0.2) is 60.7 Å². The molecule has 150 valence electrons. The van der Waals surface area contributed by atoms with Gasteiger partial charge in [-0.2, -0.15) is 0 Å². The molecule has 0 spiro atoms. The van der Waals surface area contributed by atoms with E-state index < -0.39 is 0 Å². The fourth-order valence-corrected chi connectivity index (χ4v) is 5.24. The van der Waals surface area contributed by atoms with Gasteiger partial charge in [0.2, 0.25) is 0 Å². The predicted molar refractivity (Wildman–Crippen MR) is 116 cm³/mol. The maximum Gasteiger partial charge on any atom is 0.115 e. The van der Waals surface area contributed by atoms with E-state index >= 15 is 0 Å². The second-order valence-electron chi connectivity index (χ2n) is 8.45. The molecule has 0 aliphatic heterocycles. The summed E-state index contributed by atoms with van der Waals surface area (Å²) in [4.78, 5) is 0. The molecule has 0 saturated heterocycles. The lowest BCUT2D eigenvalue weighted by Gasteiger charge is -2.43. The summed E-state index contributed by atoms with van der Waals surface area (Å²) in [5.41, 5.74) is 5.85. The summed E-state index contributed by atoms with van der Waals surface area (Å²) in [5.74, 6) is 1.36. The number of aromatic hydroxyl groups is 3. The van der Waals surface area contributed by atoms with Crippen molar-refractivity contribution in [2.24, 2.45) is 0 Å². The van der Waals surface area contributed by atoms with Crippen molar-refractivity contribution in [2.45, 2.75) is 50.9 Å². The van der Waals surface area contributed by atoms with Crippen LogP contribution < -0.4 is 0 Å². The van der Waals surface area contributed by atoms with Gasteiger partial charge < -0.3 is 15.3 Å². The molecule has 29 heavy (non-hydrogen) atoms. The highest BCUT2D eigenvalue weighted by atomic mass is 16.3. The lowest BCUT2D eigenvalue weighted by atomic mass is 9.60. The van der Waals surface area contributed by atoms with Crippen molar-refractivity contribution in [3.8, 4) is 17.2 Å². The molecule has 3 N–H and O–H groups in total. The number of hydrogen-bond acceptors (Lipinski definition) is 3. The van der Waals surface area contributed by atoms with Crippen LogP contribution >= 0.6 is 0 Å². The van der Waals surface area contributed by atoms with E-state index in [1.807, 2.05) is 24.3 Å². The highest BCUT2D eigenvalue weighted by Crippen LogP contribution is 2.51. The Hall–Kier alpha value is -2.94. The Balaban J connectivity index is 1.75. The SMILES string of the molecule is Cc1cc(O)ccc1C1(c2ccc(O)cc2C)CCC(c2ccc(O)cc2)CC1. The molecule has 0 unspecified atom stereocenters. The molecule has 3 aromatic carbocycles. The van der Waals surface area contributed by atoms with Crippen LogP contribution in [-0.2, 0) is 5.41 Å². The van der Waals surface area contributed by atoms with Gasteiger partial charge in [-0.15, -0.1) is 0 Å². The smallest absolute Gasteiger partial charge is 0.115 e. The first-order valence-electron chi connectivity index (χ1n) is 10.3. The van der Waals surface area contributed by atoms with Gasteiger partial charge in [-0.25, -0.2) is 0 Å². The molecule has 1 aliphatic carbocycles. The Kier molecular flexibility index (Phi) is 4.99. The van der Waals surface area contributed by atoms with Gasteiger partial charge in [0.1, 0.15) is 17.2 Å². The standard InChI is InChI=1S/C26H28O3/c1-17-15-22(28)7-9-24(17)26(25-10-8-23(29)16-18(25)2)13-11-20(12-14-26)19-3-5-21(27)6-4-19/h3-10,15-16,20,27-29H,11-14H2,1-2H3. The average molecular weight is 389 g/mol. The third-order valence-corrected chi connectivity index (χ3v) is 6.65. The van der Waals surface area contributed by atoms with Crippen LogP contribution in [0.2, 0.25) is 0 Å². The Bertz CT molecular complexity index is 959.